The van der Waals surface area contributed by atoms with Gasteiger partial charge in [0.25, 0.3) is 0 Å². The van der Waals surface area contributed by atoms with Gasteiger partial charge in [-0.25, -0.2) is 8.42 Å². The lowest BCUT2D eigenvalue weighted by molar-refractivity contribution is -0.139. The van der Waals surface area contributed by atoms with Crippen molar-refractivity contribution in [3.05, 3.63) is 23.8 Å². The molecule has 0 N–H and O–H groups in total. The van der Waals surface area contributed by atoms with Gasteiger partial charge in [-0.2, -0.15) is 13.2 Å². The van der Waals surface area contributed by atoms with Crippen LogP contribution in [0.3, 0.4) is 0 Å². The molecule has 3 rings (SSSR count). The van der Waals surface area contributed by atoms with Crippen molar-refractivity contribution >= 4 is 15.5 Å². The van der Waals surface area contributed by atoms with E-state index < -0.39 is 31.7 Å². The number of alkyl halides is 3. The second kappa shape index (κ2) is 7.36. The molecule has 1 aliphatic heterocycles. The van der Waals surface area contributed by atoms with Crippen LogP contribution < -0.4 is 4.90 Å². The van der Waals surface area contributed by atoms with Gasteiger partial charge in [0.05, 0.1) is 35.0 Å². The van der Waals surface area contributed by atoms with E-state index in [0.29, 0.717) is 44.8 Å². The zero-order valence-electron chi connectivity index (χ0n) is 14.5. The summed E-state index contributed by atoms with van der Waals surface area (Å²) < 4.78 is 77.0. The van der Waals surface area contributed by atoms with Crippen molar-refractivity contribution in [1.82, 2.24) is 0 Å². The van der Waals surface area contributed by atoms with Crippen LogP contribution in [0.25, 0.3) is 0 Å². The van der Waals surface area contributed by atoms with E-state index in [1.807, 2.05) is 0 Å². The highest BCUT2D eigenvalue weighted by Crippen LogP contribution is 2.40. The summed E-state index contributed by atoms with van der Waals surface area (Å²) in [4.78, 5) is 1.13. The van der Waals surface area contributed by atoms with Crippen LogP contribution >= 0.6 is 0 Å². The molecular weight excluding hydrogens is 371 g/mol. The first kappa shape index (κ1) is 19.4. The predicted octanol–water partition coefficient (Wildman–Crippen LogP) is 2.88. The molecule has 1 aliphatic carbocycles. The van der Waals surface area contributed by atoms with E-state index in [9.17, 15) is 21.6 Å². The summed E-state index contributed by atoms with van der Waals surface area (Å²) in [5.74, 6) is 0. The zero-order chi connectivity index (χ0) is 18.9. The highest BCUT2D eigenvalue weighted by molar-refractivity contribution is 7.92. The molecule has 0 aromatic heterocycles. The van der Waals surface area contributed by atoms with Gasteiger partial charge in [-0.15, -0.1) is 0 Å². The lowest BCUT2D eigenvalue weighted by Crippen LogP contribution is -2.36. The van der Waals surface area contributed by atoms with Gasteiger partial charge in [0, 0.05) is 25.9 Å². The zero-order valence-corrected chi connectivity index (χ0v) is 15.3. The van der Waals surface area contributed by atoms with Crippen molar-refractivity contribution < 1.29 is 31.1 Å². The standard InChI is InChI=1S/C17H22F3NO4S/c1-24-13-3-4-14(11-13)26(22,23)16-5-2-12(10-15(16)17(18,19)20)21-6-8-25-9-7-21/h2,5,10,13-14H,3-4,6-9,11H2,1H3/t13-,14-/m0/s1. The van der Waals surface area contributed by atoms with Crippen molar-refractivity contribution in [3.8, 4) is 0 Å². The fraction of sp³-hybridized carbons (Fsp3) is 0.647. The average molecular weight is 393 g/mol. The molecular formula is C17H22F3NO4S. The van der Waals surface area contributed by atoms with Crippen LogP contribution in [0.2, 0.25) is 0 Å². The van der Waals surface area contributed by atoms with E-state index in [2.05, 4.69) is 0 Å². The number of sulfone groups is 1. The van der Waals surface area contributed by atoms with Crippen molar-refractivity contribution in [2.24, 2.45) is 0 Å². The monoisotopic (exact) mass is 393 g/mol. The summed E-state index contributed by atoms with van der Waals surface area (Å²) in [6.07, 6.45) is -3.90. The number of hydrogen-bond acceptors (Lipinski definition) is 5. The summed E-state index contributed by atoms with van der Waals surface area (Å²) in [6.45, 7) is 1.81. The Bertz CT molecular complexity index is 745. The van der Waals surface area contributed by atoms with Crippen LogP contribution in [0.1, 0.15) is 24.8 Å². The lowest BCUT2D eigenvalue weighted by Gasteiger charge is -2.30. The van der Waals surface area contributed by atoms with Gasteiger partial charge in [-0.1, -0.05) is 0 Å². The van der Waals surface area contributed by atoms with Gasteiger partial charge in [0.15, 0.2) is 9.84 Å². The molecule has 0 radical (unpaired) electrons. The molecule has 2 aliphatic rings. The number of methoxy groups -OCH3 is 1. The number of rotatable bonds is 4. The molecule has 0 spiro atoms. The first-order valence-electron chi connectivity index (χ1n) is 8.54. The molecule has 9 heteroatoms. The van der Waals surface area contributed by atoms with Crippen LogP contribution in [0.15, 0.2) is 23.1 Å². The number of hydrogen-bond donors (Lipinski definition) is 0. The molecule has 0 bridgehead atoms. The molecule has 146 valence electrons. The van der Waals surface area contributed by atoms with Crippen LogP contribution in [-0.2, 0) is 25.5 Å². The molecule has 1 aromatic rings. The van der Waals surface area contributed by atoms with Crippen molar-refractivity contribution in [2.75, 3.05) is 38.3 Å². The highest BCUT2D eigenvalue weighted by atomic mass is 32.2. The van der Waals surface area contributed by atoms with E-state index in [-0.39, 0.29) is 12.5 Å². The Labute approximate surface area is 151 Å². The molecule has 2 fully saturated rings. The molecule has 0 amide bonds. The van der Waals surface area contributed by atoms with Crippen LogP contribution in [0, 0.1) is 0 Å². The molecule has 1 saturated heterocycles. The number of anilines is 1. The molecule has 1 aromatic carbocycles. The van der Waals surface area contributed by atoms with Crippen LogP contribution in [0.5, 0.6) is 0 Å². The summed E-state index contributed by atoms with van der Waals surface area (Å²) in [5, 5.41) is -0.845. The minimum atomic E-state index is -4.75. The third kappa shape index (κ3) is 3.84. The Hall–Kier alpha value is -1.32. The molecule has 2 atom stereocenters. The van der Waals surface area contributed by atoms with Gasteiger partial charge in [-0.05, 0) is 37.5 Å². The van der Waals surface area contributed by atoms with Gasteiger partial charge >= 0.3 is 6.18 Å². The summed E-state index contributed by atoms with van der Waals surface area (Å²) in [6, 6.07) is 3.50. The number of halogens is 3. The van der Waals surface area contributed by atoms with E-state index in [1.165, 1.54) is 13.2 Å². The van der Waals surface area contributed by atoms with Crippen LogP contribution in [0.4, 0.5) is 18.9 Å². The third-order valence-electron chi connectivity index (χ3n) is 5.06. The second-order valence-electron chi connectivity index (χ2n) is 6.62. The van der Waals surface area contributed by atoms with Crippen molar-refractivity contribution in [2.45, 2.75) is 41.7 Å². The fourth-order valence-electron chi connectivity index (χ4n) is 3.58. The minimum absolute atomic E-state index is 0.224. The Kier molecular flexibility index (Phi) is 5.50. The van der Waals surface area contributed by atoms with Gasteiger partial charge < -0.3 is 14.4 Å². The van der Waals surface area contributed by atoms with Gasteiger partial charge in [-0.3, -0.25) is 0 Å². The summed E-state index contributed by atoms with van der Waals surface area (Å²) >= 11 is 0. The fourth-order valence-corrected chi connectivity index (χ4v) is 5.59. The lowest BCUT2D eigenvalue weighted by atomic mass is 10.1. The quantitative estimate of drug-likeness (QED) is 0.787. The normalized spacial score (nSPS) is 24.8. The highest BCUT2D eigenvalue weighted by Gasteiger charge is 2.42. The van der Waals surface area contributed by atoms with Crippen molar-refractivity contribution in [1.29, 1.82) is 0 Å². The Morgan fingerprint density at radius 2 is 1.88 bits per heavy atom. The minimum Gasteiger partial charge on any atom is -0.381 e. The Balaban J connectivity index is 1.98. The van der Waals surface area contributed by atoms with Gasteiger partial charge in [0.2, 0.25) is 0 Å². The number of nitrogens with zero attached hydrogens (tertiary/aromatic N) is 1. The molecule has 1 heterocycles. The number of benzene rings is 1. The van der Waals surface area contributed by atoms with E-state index >= 15 is 0 Å². The van der Waals surface area contributed by atoms with E-state index in [4.69, 9.17) is 9.47 Å². The topological polar surface area (TPSA) is 55.8 Å². The smallest absolute Gasteiger partial charge is 0.381 e. The first-order valence-corrected chi connectivity index (χ1v) is 10.1. The molecule has 5 nitrogen and oxygen atoms in total. The summed E-state index contributed by atoms with van der Waals surface area (Å²) in [5.41, 5.74) is -0.733. The molecule has 0 unspecified atom stereocenters. The van der Waals surface area contributed by atoms with Gasteiger partial charge in [0.1, 0.15) is 0 Å². The SMILES string of the molecule is CO[C@H]1CC[C@H](S(=O)(=O)c2ccc(N3CCOCC3)cc2C(F)(F)F)C1. The predicted molar refractivity (Wildman–Crippen MR) is 90.1 cm³/mol. The Morgan fingerprint density at radius 1 is 1.19 bits per heavy atom. The maximum absolute atomic E-state index is 13.6. The summed E-state index contributed by atoms with van der Waals surface area (Å²) in [7, 11) is -2.60. The molecule has 26 heavy (non-hydrogen) atoms. The Morgan fingerprint density at radius 3 is 2.46 bits per heavy atom. The first-order chi connectivity index (χ1) is 12.2. The van der Waals surface area contributed by atoms with Crippen molar-refractivity contribution in [3.63, 3.8) is 0 Å². The average Bonchev–Trinajstić information content (AvgIpc) is 3.11. The van der Waals surface area contributed by atoms with E-state index in [0.717, 1.165) is 12.1 Å². The number of ether oxygens (including phenoxy) is 2. The number of morpholine rings is 1. The third-order valence-corrected chi connectivity index (χ3v) is 7.33. The largest absolute Gasteiger partial charge is 0.417 e. The maximum atomic E-state index is 13.6. The van der Waals surface area contributed by atoms with Crippen LogP contribution in [-0.4, -0.2) is 53.2 Å². The van der Waals surface area contributed by atoms with E-state index in [1.54, 1.807) is 4.90 Å². The molecule has 1 saturated carbocycles. The maximum Gasteiger partial charge on any atom is 0.417 e. The second-order valence-corrected chi connectivity index (χ2v) is 8.81.